The quantitative estimate of drug-likeness (QED) is 0.719. The van der Waals surface area contributed by atoms with Gasteiger partial charge >= 0.3 is 12.1 Å². The molecular formula is C20H15F3N2O2. The number of hydrogen-bond donors (Lipinski definition) is 2. The van der Waals surface area contributed by atoms with Crippen molar-refractivity contribution in [3.05, 3.63) is 77.9 Å². The molecule has 2 N–H and O–H groups in total. The Morgan fingerprint density at radius 2 is 1.52 bits per heavy atom. The van der Waals surface area contributed by atoms with Crippen molar-refractivity contribution in [2.45, 2.75) is 12.7 Å². The van der Waals surface area contributed by atoms with E-state index in [-0.39, 0.29) is 12.5 Å². The molecule has 0 saturated heterocycles. The molecule has 0 aliphatic rings. The molecular weight excluding hydrogens is 357 g/mol. The summed E-state index contributed by atoms with van der Waals surface area (Å²) in [6.45, 7) is -0.357. The first-order chi connectivity index (χ1) is 12.9. The Hall–Kier alpha value is -3.35. The van der Waals surface area contributed by atoms with Crippen LogP contribution in [0.2, 0.25) is 0 Å². The van der Waals surface area contributed by atoms with E-state index in [2.05, 4.69) is 5.32 Å². The number of alkyl halides is 3. The molecule has 0 aliphatic heterocycles. The number of amides is 2. The molecule has 3 aromatic carbocycles. The zero-order chi connectivity index (χ0) is 19.4. The van der Waals surface area contributed by atoms with Gasteiger partial charge in [0, 0.05) is 17.8 Å². The number of halogens is 3. The second-order valence-corrected chi connectivity index (χ2v) is 5.82. The van der Waals surface area contributed by atoms with Crippen molar-refractivity contribution >= 4 is 28.3 Å². The number of rotatable bonds is 4. The number of para-hydroxylation sites is 1. The van der Waals surface area contributed by atoms with Crippen LogP contribution in [0, 0.1) is 0 Å². The van der Waals surface area contributed by atoms with Gasteiger partial charge in [-0.2, -0.15) is 13.2 Å². The van der Waals surface area contributed by atoms with Crippen molar-refractivity contribution in [2.24, 2.45) is 0 Å². The summed E-state index contributed by atoms with van der Waals surface area (Å²) in [6, 6.07) is 19.1. The van der Waals surface area contributed by atoms with Gasteiger partial charge in [0.15, 0.2) is 0 Å². The number of nitrogens with one attached hydrogen (secondary N) is 2. The molecule has 0 atom stereocenters. The summed E-state index contributed by atoms with van der Waals surface area (Å²) in [7, 11) is 0. The van der Waals surface area contributed by atoms with Gasteiger partial charge in [-0.25, -0.2) is 0 Å². The highest BCUT2D eigenvalue weighted by molar-refractivity contribution is 6.13. The molecule has 2 amide bonds. The van der Waals surface area contributed by atoms with Gasteiger partial charge in [0.25, 0.3) is 5.91 Å². The second-order valence-electron chi connectivity index (χ2n) is 5.82. The predicted molar refractivity (Wildman–Crippen MR) is 96.2 cm³/mol. The molecule has 0 saturated carbocycles. The fraction of sp³-hybridized carbons (Fsp3) is 0.100. The SMILES string of the molecule is O=C(Nc1ccccc1CNC(=O)C(F)(F)F)c1cccc2ccccc12. The van der Waals surface area contributed by atoms with Crippen LogP contribution in [-0.4, -0.2) is 18.0 Å². The van der Waals surface area contributed by atoms with Crippen LogP contribution in [0.15, 0.2) is 66.7 Å². The molecule has 0 unspecified atom stereocenters. The molecule has 0 aliphatic carbocycles. The van der Waals surface area contributed by atoms with E-state index in [9.17, 15) is 22.8 Å². The van der Waals surface area contributed by atoms with Gasteiger partial charge in [0.1, 0.15) is 0 Å². The Morgan fingerprint density at radius 3 is 2.30 bits per heavy atom. The van der Waals surface area contributed by atoms with Gasteiger partial charge in [-0.3, -0.25) is 9.59 Å². The topological polar surface area (TPSA) is 58.2 Å². The van der Waals surface area contributed by atoms with E-state index in [1.165, 1.54) is 6.07 Å². The fourth-order valence-corrected chi connectivity index (χ4v) is 2.69. The summed E-state index contributed by atoms with van der Waals surface area (Å²) in [5.74, 6) is -2.42. The first kappa shape index (κ1) is 18.4. The Labute approximate surface area is 153 Å². The Balaban J connectivity index is 1.81. The van der Waals surface area contributed by atoms with Crippen LogP contribution in [0.3, 0.4) is 0 Å². The van der Waals surface area contributed by atoms with Crippen LogP contribution in [0.25, 0.3) is 10.8 Å². The van der Waals surface area contributed by atoms with Crippen molar-refractivity contribution in [1.29, 1.82) is 0 Å². The maximum Gasteiger partial charge on any atom is 0.471 e. The number of carbonyl (C=O) groups excluding carboxylic acids is 2. The Bertz CT molecular complexity index is 994. The van der Waals surface area contributed by atoms with Crippen molar-refractivity contribution in [3.63, 3.8) is 0 Å². The van der Waals surface area contributed by atoms with Crippen LogP contribution < -0.4 is 10.6 Å². The standard InChI is InChI=1S/C20H15F3N2O2/c21-20(22,23)19(27)24-12-14-7-2-4-11-17(14)25-18(26)16-10-5-8-13-6-1-3-9-15(13)16/h1-11H,12H2,(H,24,27)(H,25,26). The maximum absolute atomic E-state index is 12.7. The maximum atomic E-state index is 12.7. The van der Waals surface area contributed by atoms with Gasteiger partial charge in [0.2, 0.25) is 0 Å². The monoisotopic (exact) mass is 372 g/mol. The zero-order valence-corrected chi connectivity index (χ0v) is 14.0. The van der Waals surface area contributed by atoms with Crippen molar-refractivity contribution in [1.82, 2.24) is 5.32 Å². The number of hydrogen-bond acceptors (Lipinski definition) is 2. The number of benzene rings is 3. The normalized spacial score (nSPS) is 11.2. The summed E-state index contributed by atoms with van der Waals surface area (Å²) in [5, 5.41) is 6.18. The molecule has 138 valence electrons. The first-order valence-electron chi connectivity index (χ1n) is 8.08. The average Bonchev–Trinajstić information content (AvgIpc) is 2.65. The van der Waals surface area contributed by atoms with Gasteiger partial charge < -0.3 is 10.6 Å². The third-order valence-corrected chi connectivity index (χ3v) is 4.00. The average molecular weight is 372 g/mol. The van der Waals surface area contributed by atoms with Crippen LogP contribution in [0.5, 0.6) is 0 Å². The smallest absolute Gasteiger partial charge is 0.344 e. The summed E-state index contributed by atoms with van der Waals surface area (Å²) in [6.07, 6.45) is -4.96. The molecule has 3 rings (SSSR count). The predicted octanol–water partition coefficient (Wildman–Crippen LogP) is 4.27. The summed E-state index contributed by atoms with van der Waals surface area (Å²) in [5.41, 5.74) is 1.14. The van der Waals surface area contributed by atoms with Crippen molar-refractivity contribution in [3.8, 4) is 0 Å². The van der Waals surface area contributed by atoms with Crippen LogP contribution in [-0.2, 0) is 11.3 Å². The minimum Gasteiger partial charge on any atom is -0.344 e. The third kappa shape index (κ3) is 4.25. The molecule has 0 heterocycles. The highest BCUT2D eigenvalue weighted by atomic mass is 19.4. The van der Waals surface area contributed by atoms with Crippen LogP contribution in [0.4, 0.5) is 18.9 Å². The van der Waals surface area contributed by atoms with Crippen molar-refractivity contribution in [2.75, 3.05) is 5.32 Å². The van der Waals surface area contributed by atoms with E-state index in [4.69, 9.17) is 0 Å². The lowest BCUT2D eigenvalue weighted by molar-refractivity contribution is -0.173. The minimum absolute atomic E-state index is 0.331. The minimum atomic E-state index is -4.96. The molecule has 4 nitrogen and oxygen atoms in total. The highest BCUT2D eigenvalue weighted by Crippen LogP contribution is 2.22. The summed E-state index contributed by atoms with van der Waals surface area (Å²) < 4.78 is 37.1. The lowest BCUT2D eigenvalue weighted by atomic mass is 10.0. The van der Waals surface area contributed by atoms with E-state index >= 15 is 0 Å². The molecule has 0 radical (unpaired) electrons. The number of fused-ring (bicyclic) bond motifs is 1. The van der Waals surface area contributed by atoms with Gasteiger partial charge in [-0.1, -0.05) is 54.6 Å². The van der Waals surface area contributed by atoms with E-state index in [0.29, 0.717) is 16.8 Å². The third-order valence-electron chi connectivity index (χ3n) is 4.00. The zero-order valence-electron chi connectivity index (χ0n) is 14.0. The molecule has 0 spiro atoms. The second kappa shape index (κ2) is 7.49. The number of carbonyl (C=O) groups is 2. The molecule has 0 bridgehead atoms. The Morgan fingerprint density at radius 1 is 0.852 bits per heavy atom. The van der Waals surface area contributed by atoms with E-state index in [0.717, 1.165) is 10.8 Å². The van der Waals surface area contributed by atoms with E-state index in [1.54, 1.807) is 35.6 Å². The van der Waals surface area contributed by atoms with Gasteiger partial charge in [-0.05, 0) is 28.5 Å². The molecule has 27 heavy (non-hydrogen) atoms. The lowest BCUT2D eigenvalue weighted by Gasteiger charge is -2.13. The summed E-state index contributed by atoms with van der Waals surface area (Å²) in [4.78, 5) is 23.7. The molecule has 7 heteroatoms. The molecule has 0 fully saturated rings. The summed E-state index contributed by atoms with van der Waals surface area (Å²) >= 11 is 0. The van der Waals surface area contributed by atoms with Crippen LogP contribution >= 0.6 is 0 Å². The van der Waals surface area contributed by atoms with Crippen molar-refractivity contribution < 1.29 is 22.8 Å². The largest absolute Gasteiger partial charge is 0.471 e. The first-order valence-corrected chi connectivity index (χ1v) is 8.08. The fourth-order valence-electron chi connectivity index (χ4n) is 2.69. The Kier molecular flexibility index (Phi) is 5.12. The van der Waals surface area contributed by atoms with Gasteiger partial charge in [-0.15, -0.1) is 0 Å². The highest BCUT2D eigenvalue weighted by Gasteiger charge is 2.38. The van der Waals surface area contributed by atoms with E-state index in [1.807, 2.05) is 30.3 Å². The number of anilines is 1. The van der Waals surface area contributed by atoms with Crippen LogP contribution in [0.1, 0.15) is 15.9 Å². The van der Waals surface area contributed by atoms with E-state index < -0.39 is 12.1 Å². The lowest BCUT2D eigenvalue weighted by Crippen LogP contribution is -2.36. The molecule has 3 aromatic rings. The van der Waals surface area contributed by atoms with Gasteiger partial charge in [0.05, 0.1) is 0 Å². The molecule has 0 aromatic heterocycles.